The molecule has 0 spiro atoms. The van der Waals surface area contributed by atoms with Gasteiger partial charge in [-0.3, -0.25) is 0 Å². The van der Waals surface area contributed by atoms with Gasteiger partial charge in [0.25, 0.3) is 6.71 Å². The molecule has 3 aliphatic heterocycles. The third-order valence-corrected chi connectivity index (χ3v) is 5.42. The van der Waals surface area contributed by atoms with Crippen molar-refractivity contribution in [2.45, 2.75) is 33.1 Å². The SMILES string of the molecule is C#C/C=C1/Oc2cccc3c2B2C1=C(C)Oc1cc(C(C)(C)C)cc(c12)O3. The molecule has 0 unspecified atom stereocenters. The molecule has 0 amide bonds. The Kier molecular flexibility index (Phi) is 3.13. The molecule has 0 saturated carbocycles. The minimum atomic E-state index is -0.0114. The second-order valence-corrected chi connectivity index (χ2v) is 8.19. The predicted molar refractivity (Wildman–Crippen MR) is 108 cm³/mol. The Bertz CT molecular complexity index is 1110. The van der Waals surface area contributed by atoms with E-state index >= 15 is 0 Å². The molecule has 0 bridgehead atoms. The van der Waals surface area contributed by atoms with Crippen molar-refractivity contribution in [3.05, 3.63) is 59.0 Å². The molecule has 132 valence electrons. The van der Waals surface area contributed by atoms with E-state index in [0.717, 1.165) is 45.2 Å². The summed E-state index contributed by atoms with van der Waals surface area (Å²) >= 11 is 0. The van der Waals surface area contributed by atoms with Crippen LogP contribution in [0.3, 0.4) is 0 Å². The van der Waals surface area contributed by atoms with E-state index in [9.17, 15) is 0 Å². The number of rotatable bonds is 0. The molecule has 0 fully saturated rings. The highest BCUT2D eigenvalue weighted by molar-refractivity contribution is 6.94. The van der Waals surface area contributed by atoms with E-state index in [1.165, 1.54) is 5.56 Å². The summed E-state index contributed by atoms with van der Waals surface area (Å²) in [6.07, 6.45) is 7.22. The Morgan fingerprint density at radius 1 is 0.963 bits per heavy atom. The number of hydrogen-bond acceptors (Lipinski definition) is 3. The molecule has 27 heavy (non-hydrogen) atoms. The molecular formula is C23H19BO3. The largest absolute Gasteiger partial charge is 0.463 e. The minimum Gasteiger partial charge on any atom is -0.463 e. The van der Waals surface area contributed by atoms with Crippen LogP contribution in [0.5, 0.6) is 23.0 Å². The number of terminal acetylenes is 1. The third-order valence-electron chi connectivity index (χ3n) is 5.42. The Morgan fingerprint density at radius 2 is 1.59 bits per heavy atom. The van der Waals surface area contributed by atoms with Gasteiger partial charge >= 0.3 is 0 Å². The lowest BCUT2D eigenvalue weighted by atomic mass is 9.33. The molecule has 0 saturated heterocycles. The number of allylic oxidation sites excluding steroid dienone is 3. The van der Waals surface area contributed by atoms with E-state index in [0.29, 0.717) is 5.76 Å². The summed E-state index contributed by atoms with van der Waals surface area (Å²) in [6.45, 7) is 8.55. The lowest BCUT2D eigenvalue weighted by Crippen LogP contribution is -2.54. The van der Waals surface area contributed by atoms with E-state index in [2.05, 4.69) is 38.8 Å². The van der Waals surface area contributed by atoms with Crippen LogP contribution in [0.1, 0.15) is 33.3 Å². The van der Waals surface area contributed by atoms with Gasteiger partial charge in [-0.05, 0) is 42.2 Å². The summed E-state index contributed by atoms with van der Waals surface area (Å²) in [5, 5.41) is 0. The lowest BCUT2D eigenvalue weighted by molar-refractivity contribution is 0.389. The first-order valence-corrected chi connectivity index (χ1v) is 9.11. The van der Waals surface area contributed by atoms with Crippen LogP contribution in [0.15, 0.2) is 53.4 Å². The fraction of sp³-hybridized carbons (Fsp3) is 0.217. The molecule has 0 aliphatic carbocycles. The van der Waals surface area contributed by atoms with E-state index in [1.54, 1.807) is 6.08 Å². The molecular weight excluding hydrogens is 335 g/mol. The van der Waals surface area contributed by atoms with Crippen molar-refractivity contribution < 1.29 is 14.2 Å². The van der Waals surface area contributed by atoms with Crippen LogP contribution < -0.4 is 25.1 Å². The highest BCUT2D eigenvalue weighted by Gasteiger charge is 2.47. The number of benzene rings is 2. The van der Waals surface area contributed by atoms with Gasteiger partial charge in [-0.15, -0.1) is 6.42 Å². The third kappa shape index (κ3) is 2.18. The van der Waals surface area contributed by atoms with E-state index < -0.39 is 0 Å². The van der Waals surface area contributed by atoms with Crippen molar-refractivity contribution in [3.8, 4) is 35.3 Å². The lowest BCUT2D eigenvalue weighted by Gasteiger charge is -2.39. The summed E-state index contributed by atoms with van der Waals surface area (Å²) in [5.41, 5.74) is 4.24. The molecule has 2 aromatic carbocycles. The van der Waals surface area contributed by atoms with Gasteiger partial charge in [0, 0.05) is 22.5 Å². The van der Waals surface area contributed by atoms with Crippen LogP contribution in [-0.4, -0.2) is 6.71 Å². The van der Waals surface area contributed by atoms with Crippen molar-refractivity contribution in [1.82, 2.24) is 0 Å². The van der Waals surface area contributed by atoms with Gasteiger partial charge in [0.1, 0.15) is 28.8 Å². The van der Waals surface area contributed by atoms with Gasteiger partial charge in [0.05, 0.1) is 5.76 Å². The smallest absolute Gasteiger partial charge is 0.270 e. The van der Waals surface area contributed by atoms with Crippen LogP contribution >= 0.6 is 0 Å². The van der Waals surface area contributed by atoms with Crippen molar-refractivity contribution in [3.63, 3.8) is 0 Å². The van der Waals surface area contributed by atoms with E-state index in [4.69, 9.17) is 20.6 Å². The summed E-state index contributed by atoms with van der Waals surface area (Å²) in [6, 6.07) is 10.2. The number of ether oxygens (including phenoxy) is 3. The molecule has 3 aliphatic rings. The standard InChI is InChI=1S/C23H19BO3/c1-6-8-15-20-13(2)25-18-11-14(23(3,4)5)12-19-22(18)24(20)21-16(26-15)9-7-10-17(21)27-19/h1,7-12H,2-5H3/b15-8+. The maximum absolute atomic E-state index is 6.31. The quantitative estimate of drug-likeness (QED) is 0.532. The van der Waals surface area contributed by atoms with Crippen LogP contribution in [0.4, 0.5) is 0 Å². The molecule has 0 N–H and O–H groups in total. The van der Waals surface area contributed by atoms with Crippen LogP contribution in [0.25, 0.3) is 0 Å². The zero-order valence-electron chi connectivity index (χ0n) is 15.8. The molecule has 0 atom stereocenters. The maximum atomic E-state index is 6.31. The van der Waals surface area contributed by atoms with Gasteiger partial charge < -0.3 is 14.2 Å². The van der Waals surface area contributed by atoms with Gasteiger partial charge in [0.2, 0.25) is 0 Å². The van der Waals surface area contributed by atoms with Gasteiger partial charge in [-0.2, -0.15) is 0 Å². The van der Waals surface area contributed by atoms with Crippen molar-refractivity contribution >= 4 is 17.6 Å². The van der Waals surface area contributed by atoms with E-state index in [1.807, 2.05) is 25.1 Å². The van der Waals surface area contributed by atoms with Crippen LogP contribution in [0.2, 0.25) is 0 Å². The van der Waals surface area contributed by atoms with Crippen molar-refractivity contribution in [2.75, 3.05) is 0 Å². The first-order valence-electron chi connectivity index (χ1n) is 9.11. The van der Waals surface area contributed by atoms with Gasteiger partial charge in [-0.25, -0.2) is 0 Å². The minimum absolute atomic E-state index is 0.00562. The van der Waals surface area contributed by atoms with Crippen molar-refractivity contribution in [2.24, 2.45) is 0 Å². The summed E-state index contributed by atoms with van der Waals surface area (Å²) in [5.74, 6) is 7.39. The Hall–Kier alpha value is -3.06. The molecule has 4 heteroatoms. The zero-order chi connectivity index (χ0) is 18.9. The second kappa shape index (κ2) is 5.23. The summed E-state index contributed by atoms with van der Waals surface area (Å²) in [4.78, 5) is 0. The maximum Gasteiger partial charge on any atom is 0.270 e. The van der Waals surface area contributed by atoms with E-state index in [-0.39, 0.29) is 12.1 Å². The molecule has 0 aromatic heterocycles. The average molecular weight is 354 g/mol. The predicted octanol–water partition coefficient (Wildman–Crippen LogP) is 3.81. The fourth-order valence-electron chi connectivity index (χ4n) is 4.12. The second-order valence-electron chi connectivity index (χ2n) is 8.19. The first-order chi connectivity index (χ1) is 12.9. The van der Waals surface area contributed by atoms with Gasteiger partial charge in [0.15, 0.2) is 0 Å². The molecule has 3 heterocycles. The zero-order valence-corrected chi connectivity index (χ0v) is 15.8. The first kappa shape index (κ1) is 16.1. The Morgan fingerprint density at radius 3 is 2.26 bits per heavy atom. The fourth-order valence-corrected chi connectivity index (χ4v) is 4.12. The highest BCUT2D eigenvalue weighted by Crippen LogP contribution is 2.43. The molecule has 3 nitrogen and oxygen atoms in total. The Labute approximate surface area is 159 Å². The highest BCUT2D eigenvalue weighted by atomic mass is 16.5. The molecule has 0 radical (unpaired) electrons. The van der Waals surface area contributed by atoms with Crippen LogP contribution in [-0.2, 0) is 5.41 Å². The summed E-state index contributed by atoms with van der Waals surface area (Å²) in [7, 11) is 0. The number of hydrogen-bond donors (Lipinski definition) is 0. The van der Waals surface area contributed by atoms with Crippen molar-refractivity contribution in [1.29, 1.82) is 0 Å². The molecule has 5 rings (SSSR count). The average Bonchev–Trinajstić information content (AvgIpc) is 2.60. The normalized spacial score (nSPS) is 17.6. The Balaban J connectivity index is 1.85. The van der Waals surface area contributed by atoms with Crippen LogP contribution in [0, 0.1) is 12.3 Å². The summed E-state index contributed by atoms with van der Waals surface area (Å²) < 4.78 is 18.7. The molecule has 2 aromatic rings. The van der Waals surface area contributed by atoms with Gasteiger partial charge in [-0.1, -0.05) is 32.8 Å². The topological polar surface area (TPSA) is 27.7 Å². The monoisotopic (exact) mass is 354 g/mol.